The third-order valence-corrected chi connectivity index (χ3v) is 3.12. The minimum Gasteiger partial charge on any atom is -0.396 e. The highest BCUT2D eigenvalue weighted by Crippen LogP contribution is 2.31. The normalized spacial score (nSPS) is 31.2. The second kappa shape index (κ2) is 3.75. The molecule has 1 saturated heterocycles. The zero-order valence-electron chi connectivity index (χ0n) is 7.71. The van der Waals surface area contributed by atoms with E-state index in [1.807, 2.05) is 0 Å². The van der Waals surface area contributed by atoms with Gasteiger partial charge in [-0.25, -0.2) is 0 Å². The molecule has 1 aliphatic carbocycles. The Hall–Kier alpha value is -0.0800. The van der Waals surface area contributed by atoms with E-state index in [0.29, 0.717) is 6.61 Å². The fraction of sp³-hybridized carbons (Fsp3) is 1.00. The first kappa shape index (κ1) is 8.52. The van der Waals surface area contributed by atoms with Crippen LogP contribution in [-0.2, 0) is 0 Å². The van der Waals surface area contributed by atoms with Gasteiger partial charge in [-0.2, -0.15) is 0 Å². The highest BCUT2D eigenvalue weighted by Gasteiger charge is 2.28. The predicted octanol–water partition coefficient (Wildman–Crippen LogP) is 1.10. The van der Waals surface area contributed by atoms with Crippen molar-refractivity contribution in [3.05, 3.63) is 0 Å². The van der Waals surface area contributed by atoms with Gasteiger partial charge in [0, 0.05) is 19.7 Å². The van der Waals surface area contributed by atoms with Crippen LogP contribution in [-0.4, -0.2) is 36.2 Å². The number of aliphatic hydroxyl groups excluding tert-OH is 1. The first-order valence-electron chi connectivity index (χ1n) is 5.21. The summed E-state index contributed by atoms with van der Waals surface area (Å²) in [4.78, 5) is 2.58. The van der Waals surface area contributed by atoms with Gasteiger partial charge in [-0.05, 0) is 44.1 Å². The highest BCUT2D eigenvalue weighted by molar-refractivity contribution is 4.82. The molecule has 2 fully saturated rings. The Morgan fingerprint density at radius 2 is 2.00 bits per heavy atom. The standard InChI is InChI=1S/C10H19NO/c12-6-4-10-3-5-11(8-10)7-9-1-2-9/h9-10,12H,1-8H2. The maximum atomic E-state index is 8.79. The number of rotatable bonds is 4. The molecule has 1 N–H and O–H groups in total. The smallest absolute Gasteiger partial charge is 0.0434 e. The highest BCUT2D eigenvalue weighted by atomic mass is 16.3. The molecular weight excluding hydrogens is 150 g/mol. The molecule has 0 amide bonds. The molecule has 1 aliphatic heterocycles. The van der Waals surface area contributed by atoms with Gasteiger partial charge in [0.05, 0.1) is 0 Å². The van der Waals surface area contributed by atoms with Crippen LogP contribution in [0.25, 0.3) is 0 Å². The molecule has 1 atom stereocenters. The van der Waals surface area contributed by atoms with Crippen LogP contribution in [0.5, 0.6) is 0 Å². The molecular formula is C10H19NO. The molecule has 1 saturated carbocycles. The average molecular weight is 169 g/mol. The molecule has 1 unspecified atom stereocenters. The Morgan fingerprint density at radius 3 is 2.67 bits per heavy atom. The molecule has 0 aromatic heterocycles. The van der Waals surface area contributed by atoms with Crippen molar-refractivity contribution in [2.24, 2.45) is 11.8 Å². The molecule has 2 rings (SSSR count). The van der Waals surface area contributed by atoms with Gasteiger partial charge in [0.1, 0.15) is 0 Å². The number of hydrogen-bond donors (Lipinski definition) is 1. The van der Waals surface area contributed by atoms with E-state index < -0.39 is 0 Å². The van der Waals surface area contributed by atoms with Crippen molar-refractivity contribution in [1.82, 2.24) is 4.90 Å². The summed E-state index contributed by atoms with van der Waals surface area (Å²) >= 11 is 0. The van der Waals surface area contributed by atoms with Gasteiger partial charge < -0.3 is 10.0 Å². The van der Waals surface area contributed by atoms with E-state index in [4.69, 9.17) is 5.11 Å². The van der Waals surface area contributed by atoms with Crippen molar-refractivity contribution >= 4 is 0 Å². The van der Waals surface area contributed by atoms with E-state index in [1.165, 1.54) is 38.9 Å². The summed E-state index contributed by atoms with van der Waals surface area (Å²) in [7, 11) is 0. The number of nitrogens with zero attached hydrogens (tertiary/aromatic N) is 1. The first-order valence-corrected chi connectivity index (χ1v) is 5.21. The third-order valence-electron chi connectivity index (χ3n) is 3.12. The van der Waals surface area contributed by atoms with Crippen LogP contribution >= 0.6 is 0 Å². The van der Waals surface area contributed by atoms with Crippen molar-refractivity contribution in [3.8, 4) is 0 Å². The maximum Gasteiger partial charge on any atom is 0.0434 e. The predicted molar refractivity (Wildman–Crippen MR) is 49.0 cm³/mol. The van der Waals surface area contributed by atoms with E-state index in [0.717, 1.165) is 18.3 Å². The van der Waals surface area contributed by atoms with Crippen molar-refractivity contribution in [2.75, 3.05) is 26.2 Å². The average Bonchev–Trinajstić information content (AvgIpc) is 2.74. The topological polar surface area (TPSA) is 23.5 Å². The minimum atomic E-state index is 0.377. The summed E-state index contributed by atoms with van der Waals surface area (Å²) < 4.78 is 0. The Labute approximate surface area is 74.6 Å². The summed E-state index contributed by atoms with van der Waals surface area (Å²) in [6, 6.07) is 0. The van der Waals surface area contributed by atoms with Gasteiger partial charge in [0.2, 0.25) is 0 Å². The van der Waals surface area contributed by atoms with Gasteiger partial charge in [-0.3, -0.25) is 0 Å². The Kier molecular flexibility index (Phi) is 2.66. The fourth-order valence-electron chi connectivity index (χ4n) is 2.16. The number of aliphatic hydroxyl groups is 1. The first-order chi connectivity index (χ1) is 5.88. The minimum absolute atomic E-state index is 0.377. The lowest BCUT2D eigenvalue weighted by atomic mass is 10.1. The lowest BCUT2D eigenvalue weighted by molar-refractivity contribution is 0.249. The summed E-state index contributed by atoms with van der Waals surface area (Å²) in [5, 5.41) is 8.79. The second-order valence-corrected chi connectivity index (χ2v) is 4.37. The number of hydrogen-bond acceptors (Lipinski definition) is 2. The second-order valence-electron chi connectivity index (χ2n) is 4.37. The van der Waals surface area contributed by atoms with Gasteiger partial charge >= 0.3 is 0 Å². The zero-order valence-corrected chi connectivity index (χ0v) is 7.71. The SMILES string of the molecule is OCCC1CCN(CC2CC2)C1. The van der Waals surface area contributed by atoms with Crippen LogP contribution in [0.1, 0.15) is 25.7 Å². The van der Waals surface area contributed by atoms with E-state index in [-0.39, 0.29) is 0 Å². The van der Waals surface area contributed by atoms with Crippen molar-refractivity contribution in [1.29, 1.82) is 0 Å². The van der Waals surface area contributed by atoms with Crippen LogP contribution in [0.15, 0.2) is 0 Å². The van der Waals surface area contributed by atoms with E-state index in [9.17, 15) is 0 Å². The summed E-state index contributed by atoms with van der Waals surface area (Å²) in [5.74, 6) is 1.81. The zero-order chi connectivity index (χ0) is 8.39. The van der Waals surface area contributed by atoms with Crippen molar-refractivity contribution < 1.29 is 5.11 Å². The largest absolute Gasteiger partial charge is 0.396 e. The van der Waals surface area contributed by atoms with Gasteiger partial charge in [0.25, 0.3) is 0 Å². The molecule has 0 spiro atoms. The fourth-order valence-corrected chi connectivity index (χ4v) is 2.16. The quantitative estimate of drug-likeness (QED) is 0.681. The molecule has 12 heavy (non-hydrogen) atoms. The van der Waals surface area contributed by atoms with Crippen LogP contribution < -0.4 is 0 Å². The Morgan fingerprint density at radius 1 is 1.17 bits per heavy atom. The van der Waals surface area contributed by atoms with Crippen LogP contribution in [0.4, 0.5) is 0 Å². The monoisotopic (exact) mass is 169 g/mol. The van der Waals surface area contributed by atoms with E-state index in [1.54, 1.807) is 0 Å². The summed E-state index contributed by atoms with van der Waals surface area (Å²) in [5.41, 5.74) is 0. The van der Waals surface area contributed by atoms with Crippen molar-refractivity contribution in [3.63, 3.8) is 0 Å². The molecule has 1 heterocycles. The number of likely N-dealkylation sites (tertiary alicyclic amines) is 1. The summed E-state index contributed by atoms with van der Waals surface area (Å²) in [6.45, 7) is 4.24. The molecule has 0 radical (unpaired) electrons. The molecule has 2 nitrogen and oxygen atoms in total. The van der Waals surface area contributed by atoms with Gasteiger partial charge in [-0.1, -0.05) is 0 Å². The third kappa shape index (κ3) is 2.20. The van der Waals surface area contributed by atoms with Crippen molar-refractivity contribution in [2.45, 2.75) is 25.7 Å². The Balaban J connectivity index is 1.66. The lowest BCUT2D eigenvalue weighted by Gasteiger charge is -2.14. The maximum absolute atomic E-state index is 8.79. The lowest BCUT2D eigenvalue weighted by Crippen LogP contribution is -2.23. The molecule has 0 aromatic rings. The van der Waals surface area contributed by atoms with E-state index in [2.05, 4.69) is 4.90 Å². The van der Waals surface area contributed by atoms with Crippen LogP contribution in [0.2, 0.25) is 0 Å². The molecule has 70 valence electrons. The van der Waals surface area contributed by atoms with E-state index >= 15 is 0 Å². The van der Waals surface area contributed by atoms with Gasteiger partial charge in [-0.15, -0.1) is 0 Å². The summed E-state index contributed by atoms with van der Waals surface area (Å²) in [6.07, 6.45) is 5.25. The molecule has 0 aromatic carbocycles. The Bertz CT molecular complexity index is 145. The molecule has 2 aliphatic rings. The molecule has 0 bridgehead atoms. The van der Waals surface area contributed by atoms with Crippen LogP contribution in [0.3, 0.4) is 0 Å². The van der Waals surface area contributed by atoms with Crippen LogP contribution in [0, 0.1) is 11.8 Å². The molecule has 2 heteroatoms. The van der Waals surface area contributed by atoms with Gasteiger partial charge in [0.15, 0.2) is 0 Å².